The van der Waals surface area contributed by atoms with E-state index in [0.29, 0.717) is 0 Å². The molecule has 0 heterocycles. The maximum atomic E-state index is 11.4. The standard InChI is InChI=1S/C13H18O4/c1-16-12(14)11(13(15)17-2)9-8-10-6-4-3-5-7-10/h8-9H,3-7H2,1-2H3. The highest BCUT2D eigenvalue weighted by molar-refractivity contribution is 6.14. The van der Waals surface area contributed by atoms with Crippen molar-refractivity contribution >= 4 is 11.9 Å². The average molecular weight is 238 g/mol. The smallest absolute Gasteiger partial charge is 0.345 e. The number of carbonyl (C=O) groups excluding carboxylic acids is 2. The van der Waals surface area contributed by atoms with Crippen LogP contribution in [0.4, 0.5) is 0 Å². The van der Waals surface area contributed by atoms with Gasteiger partial charge in [-0.25, -0.2) is 9.59 Å². The zero-order chi connectivity index (χ0) is 12.7. The van der Waals surface area contributed by atoms with Gasteiger partial charge in [0.15, 0.2) is 0 Å². The molecule has 0 spiro atoms. The van der Waals surface area contributed by atoms with Crippen LogP contribution in [0.25, 0.3) is 0 Å². The Labute approximate surface area is 101 Å². The highest BCUT2D eigenvalue weighted by Gasteiger charge is 2.18. The number of ether oxygens (including phenoxy) is 2. The molecular formula is C13H18O4. The molecule has 0 aromatic heterocycles. The van der Waals surface area contributed by atoms with E-state index in [1.165, 1.54) is 45.1 Å². The van der Waals surface area contributed by atoms with Crippen molar-refractivity contribution in [3.05, 3.63) is 23.3 Å². The maximum Gasteiger partial charge on any atom is 0.345 e. The number of allylic oxidation sites excluding steroid dienone is 3. The molecule has 1 aliphatic carbocycles. The fraction of sp³-hybridized carbons (Fsp3) is 0.538. The summed E-state index contributed by atoms with van der Waals surface area (Å²) in [5.74, 6) is -1.32. The van der Waals surface area contributed by atoms with Crippen molar-refractivity contribution < 1.29 is 19.1 Å². The molecule has 0 aliphatic heterocycles. The summed E-state index contributed by atoms with van der Waals surface area (Å²) in [5, 5.41) is 0. The molecular weight excluding hydrogens is 220 g/mol. The molecule has 4 heteroatoms. The minimum atomic E-state index is -0.662. The zero-order valence-electron chi connectivity index (χ0n) is 10.3. The van der Waals surface area contributed by atoms with E-state index in [1.54, 1.807) is 0 Å². The summed E-state index contributed by atoms with van der Waals surface area (Å²) in [6.45, 7) is 0. The number of rotatable bonds is 3. The summed E-state index contributed by atoms with van der Waals surface area (Å²) < 4.78 is 9.08. The lowest BCUT2D eigenvalue weighted by Crippen LogP contribution is -2.15. The number of esters is 2. The molecule has 0 aromatic carbocycles. The fourth-order valence-corrected chi connectivity index (χ4v) is 1.81. The van der Waals surface area contributed by atoms with Gasteiger partial charge < -0.3 is 9.47 Å². The van der Waals surface area contributed by atoms with Crippen molar-refractivity contribution in [2.75, 3.05) is 14.2 Å². The van der Waals surface area contributed by atoms with Gasteiger partial charge in [-0.15, -0.1) is 0 Å². The normalized spacial score (nSPS) is 14.8. The molecule has 0 radical (unpaired) electrons. The summed E-state index contributed by atoms with van der Waals surface area (Å²) in [5.41, 5.74) is 1.20. The van der Waals surface area contributed by atoms with Gasteiger partial charge in [0.2, 0.25) is 0 Å². The first-order chi connectivity index (χ1) is 8.19. The summed E-state index contributed by atoms with van der Waals surface area (Å²) >= 11 is 0. The quantitative estimate of drug-likeness (QED) is 0.327. The Morgan fingerprint density at radius 1 is 1.00 bits per heavy atom. The topological polar surface area (TPSA) is 52.6 Å². The lowest BCUT2D eigenvalue weighted by atomic mass is 9.94. The van der Waals surface area contributed by atoms with Gasteiger partial charge in [-0.1, -0.05) is 18.1 Å². The predicted molar refractivity (Wildman–Crippen MR) is 63.3 cm³/mol. The highest BCUT2D eigenvalue weighted by Crippen LogP contribution is 2.22. The molecule has 0 bridgehead atoms. The first-order valence-electron chi connectivity index (χ1n) is 5.75. The molecule has 1 fully saturated rings. The van der Waals surface area contributed by atoms with Crippen molar-refractivity contribution in [1.29, 1.82) is 0 Å². The van der Waals surface area contributed by atoms with Crippen LogP contribution in [0.15, 0.2) is 23.3 Å². The largest absolute Gasteiger partial charge is 0.465 e. The Hall–Kier alpha value is -1.58. The first-order valence-corrected chi connectivity index (χ1v) is 5.75. The SMILES string of the molecule is COC(=O)C(=CC=C1CCCCC1)C(=O)OC. The van der Waals surface area contributed by atoms with Gasteiger partial charge in [0.05, 0.1) is 14.2 Å². The van der Waals surface area contributed by atoms with Crippen molar-refractivity contribution in [2.45, 2.75) is 32.1 Å². The van der Waals surface area contributed by atoms with E-state index in [0.717, 1.165) is 12.8 Å². The highest BCUT2D eigenvalue weighted by atomic mass is 16.5. The molecule has 0 atom stereocenters. The Balaban J connectivity index is 2.81. The summed E-state index contributed by atoms with van der Waals surface area (Å²) in [7, 11) is 2.49. The van der Waals surface area contributed by atoms with Crippen LogP contribution in [0.3, 0.4) is 0 Å². The second-order valence-corrected chi connectivity index (χ2v) is 3.95. The van der Waals surface area contributed by atoms with Crippen molar-refractivity contribution in [2.24, 2.45) is 0 Å². The van der Waals surface area contributed by atoms with E-state index in [9.17, 15) is 9.59 Å². The Morgan fingerprint density at radius 2 is 1.53 bits per heavy atom. The summed E-state index contributed by atoms with van der Waals surface area (Å²) in [6, 6.07) is 0. The number of hydrogen-bond acceptors (Lipinski definition) is 4. The van der Waals surface area contributed by atoms with Crippen molar-refractivity contribution in [3.8, 4) is 0 Å². The third-order valence-electron chi connectivity index (χ3n) is 2.79. The third-order valence-corrected chi connectivity index (χ3v) is 2.79. The minimum Gasteiger partial charge on any atom is -0.465 e. The molecule has 94 valence electrons. The molecule has 1 rings (SSSR count). The van der Waals surface area contributed by atoms with Gasteiger partial charge in [-0.3, -0.25) is 0 Å². The van der Waals surface area contributed by atoms with E-state index in [2.05, 4.69) is 9.47 Å². The van der Waals surface area contributed by atoms with Crippen molar-refractivity contribution in [3.63, 3.8) is 0 Å². The van der Waals surface area contributed by atoms with E-state index in [-0.39, 0.29) is 5.57 Å². The second kappa shape index (κ2) is 6.89. The van der Waals surface area contributed by atoms with Crippen LogP contribution in [0, 0.1) is 0 Å². The van der Waals surface area contributed by atoms with Gasteiger partial charge in [-0.2, -0.15) is 0 Å². The number of methoxy groups -OCH3 is 2. The van der Waals surface area contributed by atoms with Crippen LogP contribution >= 0.6 is 0 Å². The number of carbonyl (C=O) groups is 2. The van der Waals surface area contributed by atoms with Crippen LogP contribution in [-0.4, -0.2) is 26.2 Å². The molecule has 1 saturated carbocycles. The lowest BCUT2D eigenvalue weighted by Gasteiger charge is -2.12. The molecule has 4 nitrogen and oxygen atoms in total. The van der Waals surface area contributed by atoms with Gasteiger partial charge >= 0.3 is 11.9 Å². The summed E-state index contributed by atoms with van der Waals surface area (Å²) in [6.07, 6.45) is 9.00. The van der Waals surface area contributed by atoms with Crippen LogP contribution < -0.4 is 0 Å². The summed E-state index contributed by atoms with van der Waals surface area (Å²) in [4.78, 5) is 22.7. The molecule has 0 saturated heterocycles. The van der Waals surface area contributed by atoms with Gasteiger partial charge in [-0.05, 0) is 31.8 Å². The van der Waals surface area contributed by atoms with Crippen LogP contribution in [0.5, 0.6) is 0 Å². The molecule has 0 N–H and O–H groups in total. The molecule has 1 aliphatic rings. The monoisotopic (exact) mass is 238 g/mol. The molecule has 0 amide bonds. The zero-order valence-corrected chi connectivity index (χ0v) is 10.3. The Bertz CT molecular complexity index is 326. The molecule has 0 unspecified atom stereocenters. The Morgan fingerprint density at radius 3 is 2.00 bits per heavy atom. The molecule has 0 aromatic rings. The minimum absolute atomic E-state index is 0.0620. The van der Waals surface area contributed by atoms with Crippen LogP contribution in [-0.2, 0) is 19.1 Å². The Kier molecular flexibility index (Phi) is 5.46. The maximum absolute atomic E-state index is 11.4. The van der Waals surface area contributed by atoms with Crippen LogP contribution in [0.1, 0.15) is 32.1 Å². The van der Waals surface area contributed by atoms with E-state index < -0.39 is 11.9 Å². The van der Waals surface area contributed by atoms with Crippen molar-refractivity contribution in [1.82, 2.24) is 0 Å². The van der Waals surface area contributed by atoms with Gasteiger partial charge in [0, 0.05) is 0 Å². The number of hydrogen-bond donors (Lipinski definition) is 0. The van der Waals surface area contributed by atoms with E-state index >= 15 is 0 Å². The average Bonchev–Trinajstić information content (AvgIpc) is 2.39. The second-order valence-electron chi connectivity index (χ2n) is 3.95. The van der Waals surface area contributed by atoms with Gasteiger partial charge in [0.25, 0.3) is 0 Å². The van der Waals surface area contributed by atoms with Gasteiger partial charge in [0.1, 0.15) is 5.57 Å². The van der Waals surface area contributed by atoms with E-state index in [1.807, 2.05) is 6.08 Å². The fourth-order valence-electron chi connectivity index (χ4n) is 1.81. The first kappa shape index (κ1) is 13.5. The predicted octanol–water partition coefficient (Wildman–Crippen LogP) is 2.15. The molecule has 17 heavy (non-hydrogen) atoms. The third kappa shape index (κ3) is 4.06. The van der Waals surface area contributed by atoms with Crippen LogP contribution in [0.2, 0.25) is 0 Å². The lowest BCUT2D eigenvalue weighted by molar-refractivity contribution is -0.144. The van der Waals surface area contributed by atoms with E-state index in [4.69, 9.17) is 0 Å².